The first-order valence-electron chi connectivity index (χ1n) is 5.14. The second-order valence-corrected chi connectivity index (χ2v) is 4.62. The van der Waals surface area contributed by atoms with Crippen LogP contribution in [-0.4, -0.2) is 10.1 Å². The summed E-state index contributed by atoms with van der Waals surface area (Å²) >= 11 is 11.9. The summed E-state index contributed by atoms with van der Waals surface area (Å²) in [4.78, 5) is 4.27. The number of aromatic nitrogens is 1. The Morgan fingerprint density at radius 1 is 1.18 bits per heavy atom. The molecular weight excluding hydrogens is 257 g/mol. The van der Waals surface area contributed by atoms with Gasteiger partial charge in [-0.1, -0.05) is 29.3 Å². The van der Waals surface area contributed by atoms with Crippen molar-refractivity contribution in [2.24, 2.45) is 0 Å². The number of halogens is 2. The Morgan fingerprint density at radius 2 is 1.94 bits per heavy atom. The number of pyridine rings is 1. The summed E-state index contributed by atoms with van der Waals surface area (Å²) in [5.41, 5.74) is 1.98. The molecule has 1 unspecified atom stereocenters. The lowest BCUT2D eigenvalue weighted by Crippen LogP contribution is -2.03. The average molecular weight is 268 g/mol. The SMILES string of the molecule is Cc1cccc(C(O)c2cc(Cl)ccc2Cl)n1. The molecule has 0 radical (unpaired) electrons. The van der Waals surface area contributed by atoms with Crippen molar-refractivity contribution in [3.8, 4) is 0 Å². The standard InChI is InChI=1S/C13H11Cl2NO/c1-8-3-2-4-12(16-8)13(17)10-7-9(14)5-6-11(10)15/h2-7,13,17H,1H3. The van der Waals surface area contributed by atoms with Crippen LogP contribution in [0.3, 0.4) is 0 Å². The summed E-state index contributed by atoms with van der Waals surface area (Å²) in [6, 6.07) is 10.5. The van der Waals surface area contributed by atoms with Gasteiger partial charge < -0.3 is 5.11 Å². The fourth-order valence-electron chi connectivity index (χ4n) is 1.60. The molecule has 1 N–H and O–H groups in total. The van der Waals surface area contributed by atoms with Crippen LogP contribution in [0.1, 0.15) is 23.1 Å². The molecule has 2 nitrogen and oxygen atoms in total. The molecule has 0 fully saturated rings. The molecule has 17 heavy (non-hydrogen) atoms. The number of aliphatic hydroxyl groups excluding tert-OH is 1. The van der Waals surface area contributed by atoms with Crippen LogP contribution in [0.4, 0.5) is 0 Å². The molecule has 1 aromatic heterocycles. The smallest absolute Gasteiger partial charge is 0.122 e. The summed E-state index contributed by atoms with van der Waals surface area (Å²) < 4.78 is 0. The Hall–Kier alpha value is -1.09. The zero-order valence-electron chi connectivity index (χ0n) is 9.19. The minimum absolute atomic E-state index is 0.477. The van der Waals surface area contributed by atoms with Crippen molar-refractivity contribution in [2.45, 2.75) is 13.0 Å². The van der Waals surface area contributed by atoms with Crippen LogP contribution in [0.15, 0.2) is 36.4 Å². The molecule has 1 atom stereocenters. The largest absolute Gasteiger partial charge is 0.382 e. The molecule has 1 heterocycles. The number of aliphatic hydroxyl groups is 1. The normalized spacial score (nSPS) is 12.5. The topological polar surface area (TPSA) is 33.1 Å². The van der Waals surface area contributed by atoms with Gasteiger partial charge in [0, 0.05) is 21.3 Å². The van der Waals surface area contributed by atoms with Crippen molar-refractivity contribution in [3.05, 3.63) is 63.4 Å². The van der Waals surface area contributed by atoms with E-state index in [4.69, 9.17) is 23.2 Å². The first-order chi connectivity index (χ1) is 8.08. The molecule has 0 saturated heterocycles. The van der Waals surface area contributed by atoms with Crippen LogP contribution >= 0.6 is 23.2 Å². The molecule has 0 aliphatic rings. The molecule has 0 spiro atoms. The number of hydrogen-bond acceptors (Lipinski definition) is 2. The Kier molecular flexibility index (Phi) is 3.67. The number of hydrogen-bond donors (Lipinski definition) is 1. The maximum Gasteiger partial charge on any atom is 0.122 e. The van der Waals surface area contributed by atoms with Crippen LogP contribution in [0, 0.1) is 6.92 Å². The molecule has 0 aliphatic carbocycles. The van der Waals surface area contributed by atoms with Crippen LogP contribution in [0.2, 0.25) is 10.0 Å². The Balaban J connectivity index is 2.43. The maximum atomic E-state index is 10.2. The molecule has 0 bridgehead atoms. The highest BCUT2D eigenvalue weighted by Gasteiger charge is 2.15. The van der Waals surface area contributed by atoms with Crippen molar-refractivity contribution in [1.29, 1.82) is 0 Å². The molecule has 4 heteroatoms. The number of benzene rings is 1. The summed E-state index contributed by atoms with van der Waals surface area (Å²) in [5, 5.41) is 11.2. The Morgan fingerprint density at radius 3 is 2.65 bits per heavy atom. The van der Waals surface area contributed by atoms with Gasteiger partial charge in [0.05, 0.1) is 5.69 Å². The molecule has 2 rings (SSSR count). The van der Waals surface area contributed by atoms with Gasteiger partial charge in [-0.25, -0.2) is 0 Å². The van der Waals surface area contributed by atoms with Gasteiger partial charge >= 0.3 is 0 Å². The minimum Gasteiger partial charge on any atom is -0.382 e. The van der Waals surface area contributed by atoms with Crippen molar-refractivity contribution in [1.82, 2.24) is 4.98 Å². The number of rotatable bonds is 2. The van der Waals surface area contributed by atoms with Crippen LogP contribution in [0.5, 0.6) is 0 Å². The van der Waals surface area contributed by atoms with Crippen molar-refractivity contribution in [3.63, 3.8) is 0 Å². The van der Waals surface area contributed by atoms with E-state index in [-0.39, 0.29) is 0 Å². The monoisotopic (exact) mass is 267 g/mol. The quantitative estimate of drug-likeness (QED) is 0.899. The first-order valence-corrected chi connectivity index (χ1v) is 5.90. The fraction of sp³-hybridized carbons (Fsp3) is 0.154. The van der Waals surface area contributed by atoms with Crippen LogP contribution in [-0.2, 0) is 0 Å². The van der Waals surface area contributed by atoms with Gasteiger partial charge in [-0.2, -0.15) is 0 Å². The molecule has 2 aromatic rings. The fourth-order valence-corrected chi connectivity index (χ4v) is 2.00. The van der Waals surface area contributed by atoms with Crippen molar-refractivity contribution in [2.75, 3.05) is 0 Å². The minimum atomic E-state index is -0.860. The van der Waals surface area contributed by atoms with Gasteiger partial charge in [-0.15, -0.1) is 0 Å². The van der Waals surface area contributed by atoms with Gasteiger partial charge in [0.15, 0.2) is 0 Å². The number of nitrogens with zero attached hydrogens (tertiary/aromatic N) is 1. The van der Waals surface area contributed by atoms with Gasteiger partial charge in [0.1, 0.15) is 6.10 Å². The van der Waals surface area contributed by atoms with Gasteiger partial charge in [0.2, 0.25) is 0 Å². The highest BCUT2D eigenvalue weighted by Crippen LogP contribution is 2.29. The Bertz CT molecular complexity index is 543. The predicted octanol–water partition coefficient (Wildman–Crippen LogP) is 3.78. The highest BCUT2D eigenvalue weighted by atomic mass is 35.5. The zero-order valence-corrected chi connectivity index (χ0v) is 10.7. The Labute approximate surface area is 110 Å². The highest BCUT2D eigenvalue weighted by molar-refractivity contribution is 6.33. The van der Waals surface area contributed by atoms with E-state index in [1.54, 1.807) is 24.3 Å². The summed E-state index contributed by atoms with van der Waals surface area (Å²) in [7, 11) is 0. The van der Waals surface area contributed by atoms with E-state index in [1.165, 1.54) is 0 Å². The van der Waals surface area contributed by atoms with E-state index in [2.05, 4.69) is 4.98 Å². The third-order valence-electron chi connectivity index (χ3n) is 2.44. The summed E-state index contributed by atoms with van der Waals surface area (Å²) in [6.07, 6.45) is -0.860. The van der Waals surface area contributed by atoms with Gasteiger partial charge in [-0.3, -0.25) is 4.98 Å². The maximum absolute atomic E-state index is 10.2. The lowest BCUT2D eigenvalue weighted by molar-refractivity contribution is 0.215. The van der Waals surface area contributed by atoms with Gasteiger partial charge in [-0.05, 0) is 37.3 Å². The summed E-state index contributed by atoms with van der Waals surface area (Å²) in [5.74, 6) is 0. The third-order valence-corrected chi connectivity index (χ3v) is 3.02. The lowest BCUT2D eigenvalue weighted by atomic mass is 10.1. The third kappa shape index (κ3) is 2.78. The van der Waals surface area contributed by atoms with Crippen molar-refractivity contribution < 1.29 is 5.11 Å². The zero-order chi connectivity index (χ0) is 12.4. The second kappa shape index (κ2) is 5.05. The van der Waals surface area contributed by atoms with Crippen LogP contribution < -0.4 is 0 Å². The van der Waals surface area contributed by atoms with Gasteiger partial charge in [0.25, 0.3) is 0 Å². The van der Waals surface area contributed by atoms with E-state index in [0.717, 1.165) is 5.69 Å². The first kappa shape index (κ1) is 12.4. The van der Waals surface area contributed by atoms with Crippen LogP contribution in [0.25, 0.3) is 0 Å². The average Bonchev–Trinajstić information content (AvgIpc) is 2.31. The predicted molar refractivity (Wildman–Crippen MR) is 69.5 cm³/mol. The molecule has 0 amide bonds. The van der Waals surface area contributed by atoms with Crippen molar-refractivity contribution >= 4 is 23.2 Å². The van der Waals surface area contributed by atoms with E-state index in [9.17, 15) is 5.11 Å². The van der Waals surface area contributed by atoms with E-state index in [0.29, 0.717) is 21.3 Å². The summed E-state index contributed by atoms with van der Waals surface area (Å²) in [6.45, 7) is 1.87. The molecule has 1 aromatic carbocycles. The molecule has 0 aliphatic heterocycles. The lowest BCUT2D eigenvalue weighted by Gasteiger charge is -2.13. The molecule has 88 valence electrons. The number of aryl methyl sites for hydroxylation is 1. The van der Waals surface area contributed by atoms with E-state index >= 15 is 0 Å². The van der Waals surface area contributed by atoms with E-state index in [1.807, 2.05) is 19.1 Å². The molecular formula is C13H11Cl2NO. The molecule has 0 saturated carbocycles. The second-order valence-electron chi connectivity index (χ2n) is 3.77. The van der Waals surface area contributed by atoms with E-state index < -0.39 is 6.10 Å².